The van der Waals surface area contributed by atoms with E-state index in [0.29, 0.717) is 12.1 Å². The molecule has 3 aliphatic rings. The van der Waals surface area contributed by atoms with E-state index in [0.717, 1.165) is 36.8 Å². The Kier molecular flexibility index (Phi) is 5.72. The first-order chi connectivity index (χ1) is 15.6. The highest BCUT2D eigenvalue weighted by Crippen LogP contribution is 2.43. The van der Waals surface area contributed by atoms with Gasteiger partial charge in [0.05, 0.1) is 25.2 Å². The van der Waals surface area contributed by atoms with Gasteiger partial charge in [-0.3, -0.25) is 9.59 Å². The molecular weight excluding hydrogens is 407 g/mol. The van der Waals surface area contributed by atoms with Gasteiger partial charge in [-0.25, -0.2) is 4.39 Å². The molecule has 2 aromatic rings. The number of nitrogens with zero attached hydrogens (tertiary/aromatic N) is 2. The number of carbonyl (C=O) groups excluding carboxylic acids is 2. The number of aliphatic hydroxyl groups is 1. The monoisotopic (exact) mass is 436 g/mol. The van der Waals surface area contributed by atoms with E-state index < -0.39 is 0 Å². The number of benzene rings is 2. The van der Waals surface area contributed by atoms with Crippen molar-refractivity contribution in [2.24, 2.45) is 5.92 Å². The smallest absolute Gasteiger partial charge is 0.242 e. The van der Waals surface area contributed by atoms with Crippen LogP contribution in [0.5, 0.6) is 0 Å². The Morgan fingerprint density at radius 1 is 1.03 bits per heavy atom. The predicted octanol–water partition coefficient (Wildman–Crippen LogP) is 3.57. The lowest BCUT2D eigenvalue weighted by atomic mass is 9.73. The molecule has 2 amide bonds. The van der Waals surface area contributed by atoms with Crippen molar-refractivity contribution in [1.29, 1.82) is 0 Å². The summed E-state index contributed by atoms with van der Waals surface area (Å²) in [6.07, 6.45) is 5.17. The first kappa shape index (κ1) is 21.1. The number of carbonyl (C=O) groups is 2. The summed E-state index contributed by atoms with van der Waals surface area (Å²) in [5, 5.41) is 10.00. The van der Waals surface area contributed by atoms with Gasteiger partial charge >= 0.3 is 0 Å². The molecule has 0 bridgehead atoms. The van der Waals surface area contributed by atoms with Crippen molar-refractivity contribution in [3.8, 4) is 11.1 Å². The molecule has 1 aliphatic carbocycles. The van der Waals surface area contributed by atoms with E-state index in [9.17, 15) is 19.1 Å². The fourth-order valence-corrected chi connectivity index (χ4v) is 5.86. The summed E-state index contributed by atoms with van der Waals surface area (Å²) in [5.41, 5.74) is 2.34. The quantitative estimate of drug-likeness (QED) is 0.797. The Morgan fingerprint density at radius 2 is 1.75 bits per heavy atom. The van der Waals surface area contributed by atoms with Crippen LogP contribution in [0, 0.1) is 11.7 Å². The van der Waals surface area contributed by atoms with Crippen LogP contribution in [0.15, 0.2) is 48.5 Å². The number of fused-ring (bicyclic) bond motifs is 1. The van der Waals surface area contributed by atoms with Crippen LogP contribution in [0.4, 0.5) is 4.39 Å². The highest BCUT2D eigenvalue weighted by Gasteiger charge is 2.54. The molecule has 0 aromatic heterocycles. The summed E-state index contributed by atoms with van der Waals surface area (Å²) in [5.74, 6) is -0.239. The third-order valence-electron chi connectivity index (χ3n) is 7.50. The van der Waals surface area contributed by atoms with Gasteiger partial charge in [0.25, 0.3) is 0 Å². The number of rotatable bonds is 4. The fourth-order valence-electron chi connectivity index (χ4n) is 5.86. The van der Waals surface area contributed by atoms with Gasteiger partial charge in [-0.2, -0.15) is 0 Å². The van der Waals surface area contributed by atoms with Crippen molar-refractivity contribution < 1.29 is 19.1 Å². The van der Waals surface area contributed by atoms with E-state index in [2.05, 4.69) is 0 Å². The van der Waals surface area contributed by atoms with E-state index >= 15 is 0 Å². The molecule has 5 nitrogen and oxygen atoms in total. The molecule has 2 saturated heterocycles. The molecule has 6 heteroatoms. The van der Waals surface area contributed by atoms with Crippen molar-refractivity contribution in [1.82, 2.24) is 9.80 Å². The highest BCUT2D eigenvalue weighted by molar-refractivity contribution is 5.88. The Bertz CT molecular complexity index is 1000. The summed E-state index contributed by atoms with van der Waals surface area (Å²) in [4.78, 5) is 29.4. The molecule has 3 atom stereocenters. The van der Waals surface area contributed by atoms with Gasteiger partial charge in [0.2, 0.25) is 11.8 Å². The molecule has 1 saturated carbocycles. The summed E-state index contributed by atoms with van der Waals surface area (Å²) in [6, 6.07) is 14.0. The highest BCUT2D eigenvalue weighted by atomic mass is 19.1. The summed E-state index contributed by atoms with van der Waals surface area (Å²) < 4.78 is 14.2. The third-order valence-corrected chi connectivity index (χ3v) is 7.50. The Morgan fingerprint density at radius 3 is 2.44 bits per heavy atom. The largest absolute Gasteiger partial charge is 0.394 e. The van der Waals surface area contributed by atoms with Crippen molar-refractivity contribution in [2.45, 2.75) is 50.1 Å². The van der Waals surface area contributed by atoms with Gasteiger partial charge in [0, 0.05) is 23.9 Å². The molecule has 32 heavy (non-hydrogen) atoms. The SMILES string of the molecule is O=C(C1CCCCC1)N1CC(=O)N2[C@@H](CO)[C@@H](c3ccc(-c4ccccc4F)cc3)[C@@H]2C1. The Labute approximate surface area is 187 Å². The van der Waals surface area contributed by atoms with Gasteiger partial charge in [0.1, 0.15) is 5.82 Å². The van der Waals surface area contributed by atoms with Crippen LogP contribution in [-0.2, 0) is 9.59 Å². The second-order valence-electron chi connectivity index (χ2n) is 9.30. The maximum Gasteiger partial charge on any atom is 0.242 e. The van der Waals surface area contributed by atoms with Crippen LogP contribution in [0.1, 0.15) is 43.6 Å². The van der Waals surface area contributed by atoms with Crippen LogP contribution < -0.4 is 0 Å². The Hall–Kier alpha value is -2.73. The molecule has 2 aliphatic heterocycles. The number of amides is 2. The number of hydrogen-bond acceptors (Lipinski definition) is 3. The lowest BCUT2D eigenvalue weighted by molar-refractivity contribution is -0.168. The number of hydrogen-bond donors (Lipinski definition) is 1. The zero-order valence-corrected chi connectivity index (χ0v) is 18.1. The minimum Gasteiger partial charge on any atom is -0.394 e. The minimum absolute atomic E-state index is 0.0373. The van der Waals surface area contributed by atoms with Gasteiger partial charge in [-0.15, -0.1) is 0 Å². The zero-order chi connectivity index (χ0) is 22.2. The van der Waals surface area contributed by atoms with Crippen molar-refractivity contribution in [2.75, 3.05) is 19.7 Å². The van der Waals surface area contributed by atoms with Gasteiger partial charge in [-0.1, -0.05) is 61.7 Å². The Balaban J connectivity index is 1.36. The van der Waals surface area contributed by atoms with E-state index in [1.54, 1.807) is 21.9 Å². The molecular formula is C26H29FN2O3. The van der Waals surface area contributed by atoms with E-state index in [-0.39, 0.29) is 54.7 Å². The van der Waals surface area contributed by atoms with Crippen LogP contribution in [0.2, 0.25) is 0 Å². The summed E-state index contributed by atoms with van der Waals surface area (Å²) >= 11 is 0. The van der Waals surface area contributed by atoms with Gasteiger partial charge < -0.3 is 14.9 Å². The molecule has 1 N–H and O–H groups in total. The second-order valence-corrected chi connectivity index (χ2v) is 9.30. The van der Waals surface area contributed by atoms with Crippen molar-refractivity contribution in [3.63, 3.8) is 0 Å². The zero-order valence-electron chi connectivity index (χ0n) is 18.1. The van der Waals surface area contributed by atoms with E-state index in [1.165, 1.54) is 12.5 Å². The fraction of sp³-hybridized carbons (Fsp3) is 0.462. The van der Waals surface area contributed by atoms with Crippen LogP contribution >= 0.6 is 0 Å². The predicted molar refractivity (Wildman–Crippen MR) is 119 cm³/mol. The molecule has 2 heterocycles. The maximum atomic E-state index is 14.2. The topological polar surface area (TPSA) is 60.9 Å². The number of aliphatic hydroxyl groups excluding tert-OH is 1. The molecule has 0 spiro atoms. The van der Waals surface area contributed by atoms with Crippen molar-refractivity contribution in [3.05, 3.63) is 59.9 Å². The summed E-state index contributed by atoms with van der Waals surface area (Å²) in [6.45, 7) is 0.511. The summed E-state index contributed by atoms with van der Waals surface area (Å²) in [7, 11) is 0. The molecule has 0 radical (unpaired) electrons. The molecule has 0 unspecified atom stereocenters. The van der Waals surface area contributed by atoms with E-state index in [4.69, 9.17) is 0 Å². The number of halogens is 1. The van der Waals surface area contributed by atoms with Gasteiger partial charge in [0.15, 0.2) is 0 Å². The average molecular weight is 437 g/mol. The standard InChI is InChI=1S/C26H29FN2O3/c27-21-9-5-4-8-20(21)17-10-12-18(13-11-17)25-22-14-28(15-24(31)29(22)23(25)16-30)26(32)19-6-2-1-3-7-19/h4-5,8-13,19,22-23,25,30H,1-3,6-7,14-16H2/t22-,23-,25-/m0/s1. The first-order valence-corrected chi connectivity index (χ1v) is 11.6. The molecule has 3 fully saturated rings. The lowest BCUT2D eigenvalue weighted by Crippen LogP contribution is -2.73. The molecule has 2 aromatic carbocycles. The maximum absolute atomic E-state index is 14.2. The lowest BCUT2D eigenvalue weighted by Gasteiger charge is -2.59. The van der Waals surface area contributed by atoms with Crippen LogP contribution in [0.3, 0.4) is 0 Å². The minimum atomic E-state index is -0.279. The van der Waals surface area contributed by atoms with Crippen molar-refractivity contribution >= 4 is 11.8 Å². The molecule has 168 valence electrons. The normalized spacial score (nSPS) is 25.9. The third kappa shape index (κ3) is 3.60. The average Bonchev–Trinajstić information content (AvgIpc) is 2.81. The van der Waals surface area contributed by atoms with Gasteiger partial charge in [-0.05, 0) is 30.0 Å². The van der Waals surface area contributed by atoms with Crippen LogP contribution in [-0.4, -0.2) is 58.5 Å². The second kappa shape index (κ2) is 8.66. The van der Waals surface area contributed by atoms with Crippen LogP contribution in [0.25, 0.3) is 11.1 Å². The number of piperazine rings is 1. The van der Waals surface area contributed by atoms with E-state index in [1.807, 2.05) is 30.3 Å². The first-order valence-electron chi connectivity index (χ1n) is 11.6. The molecule has 5 rings (SSSR count).